The largest absolute Gasteiger partial charge is 0.351 e. The molecule has 166 valence electrons. The monoisotopic (exact) mass is 425 g/mol. The standard InChI is InChI=1S/C24H32N4O3/c1-16-8-6-9-17(2)23(16)26-21(30)14-28(13-12-25-20(5)29)15-22(31)27-24-18(3)10-7-11-19(24)4/h6-11H,12-15H2,1-5H3,(H,25,29)(H,26,30)(H,27,31)/p+1. The molecule has 0 aromatic heterocycles. The second-order valence-corrected chi connectivity index (χ2v) is 7.97. The van der Waals surface area contributed by atoms with E-state index in [1.54, 1.807) is 0 Å². The van der Waals surface area contributed by atoms with Crippen LogP contribution in [0, 0.1) is 27.7 Å². The van der Waals surface area contributed by atoms with Gasteiger partial charge in [-0.25, -0.2) is 0 Å². The van der Waals surface area contributed by atoms with E-state index in [2.05, 4.69) is 16.0 Å². The number of para-hydroxylation sites is 2. The fourth-order valence-electron chi connectivity index (χ4n) is 3.50. The molecule has 0 bridgehead atoms. The van der Waals surface area contributed by atoms with E-state index in [-0.39, 0.29) is 30.8 Å². The number of carbonyl (C=O) groups excluding carboxylic acids is 3. The minimum absolute atomic E-state index is 0.119. The van der Waals surface area contributed by atoms with Crippen molar-refractivity contribution in [2.45, 2.75) is 34.6 Å². The average molecular weight is 426 g/mol. The second kappa shape index (κ2) is 11.3. The number of quaternary nitrogens is 1. The number of rotatable bonds is 9. The summed E-state index contributed by atoms with van der Waals surface area (Å²) in [6.07, 6.45) is 0. The Kier molecular flexibility index (Phi) is 8.75. The minimum Gasteiger partial charge on any atom is -0.351 e. The summed E-state index contributed by atoms with van der Waals surface area (Å²) in [6, 6.07) is 11.7. The predicted molar refractivity (Wildman–Crippen MR) is 123 cm³/mol. The second-order valence-electron chi connectivity index (χ2n) is 7.97. The Hall–Kier alpha value is -3.19. The molecule has 0 fully saturated rings. The topological polar surface area (TPSA) is 91.7 Å². The first-order valence-electron chi connectivity index (χ1n) is 10.5. The Morgan fingerprint density at radius 1 is 0.742 bits per heavy atom. The first kappa shape index (κ1) is 24.1. The molecule has 7 nitrogen and oxygen atoms in total. The molecule has 31 heavy (non-hydrogen) atoms. The number of anilines is 2. The van der Waals surface area contributed by atoms with Crippen LogP contribution in [0.5, 0.6) is 0 Å². The molecule has 2 aromatic carbocycles. The summed E-state index contributed by atoms with van der Waals surface area (Å²) in [4.78, 5) is 37.4. The van der Waals surface area contributed by atoms with Gasteiger partial charge in [-0.05, 0) is 49.9 Å². The van der Waals surface area contributed by atoms with Crippen molar-refractivity contribution in [1.29, 1.82) is 0 Å². The Morgan fingerprint density at radius 3 is 1.48 bits per heavy atom. The van der Waals surface area contributed by atoms with Crippen molar-refractivity contribution in [3.05, 3.63) is 58.7 Å². The molecule has 4 N–H and O–H groups in total. The molecule has 0 heterocycles. The maximum Gasteiger partial charge on any atom is 0.279 e. The SMILES string of the molecule is CC(=O)NCC[NH+](CC(=O)Nc1c(C)cccc1C)CC(=O)Nc1c(C)cccc1C. The lowest BCUT2D eigenvalue weighted by Crippen LogP contribution is -3.14. The number of hydrogen-bond donors (Lipinski definition) is 4. The van der Waals surface area contributed by atoms with Crippen LogP contribution in [-0.4, -0.2) is 43.9 Å². The van der Waals surface area contributed by atoms with Gasteiger partial charge in [-0.2, -0.15) is 0 Å². The van der Waals surface area contributed by atoms with Crippen LogP contribution >= 0.6 is 0 Å². The van der Waals surface area contributed by atoms with Gasteiger partial charge in [0.25, 0.3) is 11.8 Å². The lowest BCUT2D eigenvalue weighted by molar-refractivity contribution is -0.882. The predicted octanol–water partition coefficient (Wildman–Crippen LogP) is 1.52. The quantitative estimate of drug-likeness (QED) is 0.491. The summed E-state index contributed by atoms with van der Waals surface area (Å²) in [5.74, 6) is -0.482. The van der Waals surface area contributed by atoms with Crippen molar-refractivity contribution < 1.29 is 19.3 Å². The number of amides is 3. The van der Waals surface area contributed by atoms with Gasteiger partial charge in [-0.1, -0.05) is 36.4 Å². The third-order valence-corrected chi connectivity index (χ3v) is 5.16. The number of benzene rings is 2. The maximum absolute atomic E-state index is 12.7. The van der Waals surface area contributed by atoms with E-state index in [0.717, 1.165) is 38.5 Å². The van der Waals surface area contributed by atoms with Crippen LogP contribution in [0.2, 0.25) is 0 Å². The van der Waals surface area contributed by atoms with Gasteiger partial charge in [0, 0.05) is 18.3 Å². The van der Waals surface area contributed by atoms with Gasteiger partial charge in [0.2, 0.25) is 5.91 Å². The van der Waals surface area contributed by atoms with Crippen molar-refractivity contribution >= 4 is 29.1 Å². The molecular formula is C24H33N4O3+. The number of aryl methyl sites for hydroxylation is 4. The molecule has 0 saturated heterocycles. The van der Waals surface area contributed by atoms with Crippen molar-refractivity contribution in [1.82, 2.24) is 5.32 Å². The average Bonchev–Trinajstić information content (AvgIpc) is 2.67. The first-order chi connectivity index (χ1) is 14.7. The van der Waals surface area contributed by atoms with Gasteiger partial charge in [0.05, 0.1) is 13.1 Å². The number of nitrogens with one attached hydrogen (secondary N) is 4. The van der Waals surface area contributed by atoms with Crippen LogP contribution in [0.3, 0.4) is 0 Å². The molecule has 0 aliphatic rings. The third-order valence-electron chi connectivity index (χ3n) is 5.16. The van der Waals surface area contributed by atoms with Gasteiger partial charge >= 0.3 is 0 Å². The molecule has 0 atom stereocenters. The summed E-state index contributed by atoms with van der Waals surface area (Å²) in [7, 11) is 0. The van der Waals surface area contributed by atoms with Crippen molar-refractivity contribution in [2.75, 3.05) is 36.8 Å². The molecule has 2 rings (SSSR count). The molecule has 7 heteroatoms. The van der Waals surface area contributed by atoms with Crippen LogP contribution in [-0.2, 0) is 14.4 Å². The zero-order chi connectivity index (χ0) is 23.0. The molecule has 2 aromatic rings. The summed E-state index contributed by atoms with van der Waals surface area (Å²) in [6.45, 7) is 10.3. The summed E-state index contributed by atoms with van der Waals surface area (Å²) >= 11 is 0. The van der Waals surface area contributed by atoms with E-state index >= 15 is 0 Å². The molecule has 0 unspecified atom stereocenters. The Balaban J connectivity index is 2.06. The van der Waals surface area contributed by atoms with Gasteiger partial charge in [-0.15, -0.1) is 0 Å². The van der Waals surface area contributed by atoms with E-state index in [4.69, 9.17) is 0 Å². The van der Waals surface area contributed by atoms with E-state index in [0.29, 0.717) is 13.1 Å². The molecule has 3 amide bonds. The van der Waals surface area contributed by atoms with Gasteiger partial charge < -0.3 is 20.9 Å². The van der Waals surface area contributed by atoms with Crippen LogP contribution < -0.4 is 20.9 Å². The lowest BCUT2D eigenvalue weighted by Gasteiger charge is -2.20. The fourth-order valence-corrected chi connectivity index (χ4v) is 3.50. The van der Waals surface area contributed by atoms with E-state index < -0.39 is 0 Å². The number of carbonyl (C=O) groups is 3. The Bertz CT molecular complexity index is 848. The van der Waals surface area contributed by atoms with Gasteiger partial charge in [-0.3, -0.25) is 14.4 Å². The summed E-state index contributed by atoms with van der Waals surface area (Å²) in [5, 5.41) is 8.68. The van der Waals surface area contributed by atoms with Crippen LogP contribution in [0.4, 0.5) is 11.4 Å². The van der Waals surface area contributed by atoms with E-state index in [9.17, 15) is 14.4 Å². The van der Waals surface area contributed by atoms with Crippen LogP contribution in [0.15, 0.2) is 36.4 Å². The molecule has 0 aliphatic carbocycles. The fraction of sp³-hybridized carbons (Fsp3) is 0.375. The smallest absolute Gasteiger partial charge is 0.279 e. The van der Waals surface area contributed by atoms with E-state index in [1.807, 2.05) is 64.1 Å². The highest BCUT2D eigenvalue weighted by Gasteiger charge is 2.20. The molecule has 0 radical (unpaired) electrons. The van der Waals surface area contributed by atoms with Gasteiger partial charge in [0.15, 0.2) is 13.1 Å². The minimum atomic E-state index is -0.171. The van der Waals surface area contributed by atoms with E-state index in [1.165, 1.54) is 6.92 Å². The maximum atomic E-state index is 12.7. The van der Waals surface area contributed by atoms with Crippen molar-refractivity contribution in [3.63, 3.8) is 0 Å². The molecule has 0 saturated carbocycles. The first-order valence-corrected chi connectivity index (χ1v) is 10.5. The zero-order valence-electron chi connectivity index (χ0n) is 19.0. The van der Waals surface area contributed by atoms with Crippen LogP contribution in [0.25, 0.3) is 0 Å². The third kappa shape index (κ3) is 7.53. The Labute approximate surface area is 184 Å². The summed E-state index contributed by atoms with van der Waals surface area (Å²) in [5.41, 5.74) is 5.55. The van der Waals surface area contributed by atoms with Crippen molar-refractivity contribution in [2.24, 2.45) is 0 Å². The highest BCUT2D eigenvalue weighted by molar-refractivity contribution is 5.94. The highest BCUT2D eigenvalue weighted by atomic mass is 16.2. The van der Waals surface area contributed by atoms with Gasteiger partial charge in [0.1, 0.15) is 0 Å². The molecule has 0 spiro atoms. The zero-order valence-corrected chi connectivity index (χ0v) is 19.0. The normalized spacial score (nSPS) is 10.6. The number of hydrogen-bond acceptors (Lipinski definition) is 3. The molecular weight excluding hydrogens is 392 g/mol. The Morgan fingerprint density at radius 2 is 1.13 bits per heavy atom. The highest BCUT2D eigenvalue weighted by Crippen LogP contribution is 2.19. The van der Waals surface area contributed by atoms with Crippen LogP contribution in [0.1, 0.15) is 29.2 Å². The lowest BCUT2D eigenvalue weighted by atomic mass is 10.1. The van der Waals surface area contributed by atoms with Crippen molar-refractivity contribution in [3.8, 4) is 0 Å². The molecule has 0 aliphatic heterocycles. The summed E-state index contributed by atoms with van der Waals surface area (Å²) < 4.78 is 0.